The van der Waals surface area contributed by atoms with Gasteiger partial charge in [-0.25, -0.2) is 17.2 Å². The van der Waals surface area contributed by atoms with E-state index in [1.165, 1.54) is 0 Å². The molecular weight excluding hydrogens is 262 g/mol. The lowest BCUT2D eigenvalue weighted by Crippen LogP contribution is -2.06. The maximum Gasteiger partial charge on any atom is 0.269 e. The van der Waals surface area contributed by atoms with Gasteiger partial charge in [0, 0.05) is 16.7 Å². The van der Waals surface area contributed by atoms with E-state index in [-0.39, 0.29) is 6.07 Å². The molecule has 1 aromatic heterocycles. The number of nitrogens with zero attached hydrogens (tertiary/aromatic N) is 1. The third kappa shape index (κ3) is 2.57. The second-order valence-corrected chi connectivity index (χ2v) is 4.92. The maximum atomic E-state index is 12.7. The van der Waals surface area contributed by atoms with Crippen LogP contribution in [-0.4, -0.2) is 13.4 Å². The fourth-order valence-electron chi connectivity index (χ4n) is 0.873. The van der Waals surface area contributed by atoms with Crippen molar-refractivity contribution in [2.24, 2.45) is 0 Å². The van der Waals surface area contributed by atoms with Gasteiger partial charge in [-0.05, 0) is 0 Å². The molecule has 0 bridgehead atoms. The van der Waals surface area contributed by atoms with Crippen molar-refractivity contribution in [1.29, 1.82) is 0 Å². The summed E-state index contributed by atoms with van der Waals surface area (Å²) >= 11 is 0. The lowest BCUT2D eigenvalue weighted by atomic mass is 10.3. The zero-order valence-corrected chi connectivity index (χ0v) is 8.29. The van der Waals surface area contributed by atoms with Crippen molar-refractivity contribution < 1.29 is 26.0 Å². The Hall–Kier alpha value is -0.890. The molecule has 0 N–H and O–H groups in total. The monoisotopic (exact) mass is 263 g/mol. The number of rotatable bonds is 2. The lowest BCUT2D eigenvalue weighted by molar-refractivity contribution is 0.140. The Labute approximate surface area is 86.1 Å². The van der Waals surface area contributed by atoms with E-state index in [2.05, 4.69) is 4.98 Å². The van der Waals surface area contributed by atoms with Crippen LogP contribution < -0.4 is 0 Å². The number of halogens is 5. The van der Waals surface area contributed by atoms with Crippen LogP contribution in [0.25, 0.3) is 0 Å². The van der Waals surface area contributed by atoms with Crippen molar-refractivity contribution in [3.05, 3.63) is 23.5 Å². The Morgan fingerprint density at radius 1 is 1.33 bits per heavy atom. The van der Waals surface area contributed by atoms with Crippen LogP contribution in [0.2, 0.25) is 0 Å². The molecule has 1 heterocycles. The molecule has 0 saturated heterocycles. The zero-order valence-electron chi connectivity index (χ0n) is 6.72. The number of pyridine rings is 1. The highest BCUT2D eigenvalue weighted by Crippen LogP contribution is 2.30. The van der Waals surface area contributed by atoms with E-state index in [1.807, 2.05) is 0 Å². The summed E-state index contributed by atoms with van der Waals surface area (Å²) in [6, 6.07) is 0.132. The number of hydrogen-bond acceptors (Lipinski definition) is 3. The van der Waals surface area contributed by atoms with E-state index in [4.69, 9.17) is 10.7 Å². The van der Waals surface area contributed by atoms with Gasteiger partial charge < -0.3 is 0 Å². The van der Waals surface area contributed by atoms with Crippen molar-refractivity contribution in [3.63, 3.8) is 0 Å². The fraction of sp³-hybridized carbons (Fsp3) is 0.167. The Bertz CT molecular complexity index is 490. The summed E-state index contributed by atoms with van der Waals surface area (Å²) < 4.78 is 71.1. The average Bonchev–Trinajstić information content (AvgIpc) is 1.99. The van der Waals surface area contributed by atoms with Crippen LogP contribution in [-0.2, 0) is 9.05 Å². The molecule has 0 saturated carbocycles. The number of hydrogen-bond donors (Lipinski definition) is 0. The highest BCUT2D eigenvalue weighted by molar-refractivity contribution is 8.13. The summed E-state index contributed by atoms with van der Waals surface area (Å²) in [6.07, 6.45) is -3.46. The van der Waals surface area contributed by atoms with Gasteiger partial charge in [-0.3, -0.25) is 0 Å². The van der Waals surface area contributed by atoms with Crippen LogP contribution in [0, 0.1) is 11.9 Å². The number of aromatic nitrogens is 1. The van der Waals surface area contributed by atoms with Crippen LogP contribution in [0.4, 0.5) is 17.6 Å². The average molecular weight is 264 g/mol. The van der Waals surface area contributed by atoms with Gasteiger partial charge in [-0.2, -0.15) is 13.8 Å². The Morgan fingerprint density at radius 3 is 2.27 bits per heavy atom. The molecule has 0 aliphatic rings. The first-order valence-electron chi connectivity index (χ1n) is 3.32. The van der Waals surface area contributed by atoms with E-state index in [0.29, 0.717) is 0 Å². The first-order valence-corrected chi connectivity index (χ1v) is 5.63. The van der Waals surface area contributed by atoms with Gasteiger partial charge in [0.25, 0.3) is 15.5 Å². The van der Waals surface area contributed by atoms with Crippen molar-refractivity contribution in [2.45, 2.75) is 11.3 Å². The fourth-order valence-corrected chi connectivity index (χ4v) is 1.93. The molecule has 0 radical (unpaired) electrons. The van der Waals surface area contributed by atoms with Gasteiger partial charge in [0.15, 0.2) is 0 Å². The van der Waals surface area contributed by atoms with E-state index in [1.54, 1.807) is 0 Å². The first kappa shape index (κ1) is 12.2. The SMILES string of the molecule is O=S(=O)(Cl)c1cc(F)nc(F)c1C(F)F. The Balaban J connectivity index is 3.62. The molecule has 0 aliphatic carbocycles. The molecule has 0 fully saturated rings. The first-order chi connectivity index (χ1) is 6.73. The molecule has 15 heavy (non-hydrogen) atoms. The van der Waals surface area contributed by atoms with Crippen LogP contribution in [0.3, 0.4) is 0 Å². The molecule has 0 aromatic carbocycles. The third-order valence-electron chi connectivity index (χ3n) is 1.42. The van der Waals surface area contributed by atoms with E-state index >= 15 is 0 Å². The largest absolute Gasteiger partial charge is 0.269 e. The predicted molar refractivity (Wildman–Crippen MR) is 42.1 cm³/mol. The van der Waals surface area contributed by atoms with Crippen molar-refractivity contribution in [3.8, 4) is 0 Å². The topological polar surface area (TPSA) is 47.0 Å². The molecule has 0 unspecified atom stereocenters. The normalized spacial score (nSPS) is 12.1. The van der Waals surface area contributed by atoms with Crippen molar-refractivity contribution in [2.75, 3.05) is 0 Å². The molecule has 84 valence electrons. The summed E-state index contributed by atoms with van der Waals surface area (Å²) in [4.78, 5) is 1.12. The molecule has 0 spiro atoms. The van der Waals surface area contributed by atoms with Crippen molar-refractivity contribution in [1.82, 2.24) is 4.98 Å². The molecule has 1 rings (SSSR count). The minimum atomic E-state index is -4.65. The predicted octanol–water partition coefficient (Wildman–Crippen LogP) is 2.22. The lowest BCUT2D eigenvalue weighted by Gasteiger charge is -2.05. The summed E-state index contributed by atoms with van der Waals surface area (Å²) in [5.74, 6) is -3.44. The van der Waals surface area contributed by atoms with Gasteiger partial charge in [-0.1, -0.05) is 0 Å². The van der Waals surface area contributed by atoms with Gasteiger partial charge in [0.1, 0.15) is 4.90 Å². The second-order valence-electron chi connectivity index (χ2n) is 2.39. The molecule has 9 heteroatoms. The van der Waals surface area contributed by atoms with Crippen LogP contribution in [0.1, 0.15) is 12.0 Å². The quantitative estimate of drug-likeness (QED) is 0.467. The minimum Gasteiger partial charge on any atom is -0.207 e. The van der Waals surface area contributed by atoms with Gasteiger partial charge in [0.2, 0.25) is 11.9 Å². The molecule has 0 amide bonds. The highest BCUT2D eigenvalue weighted by Gasteiger charge is 2.27. The number of alkyl halides is 2. The third-order valence-corrected chi connectivity index (χ3v) is 2.79. The standard InChI is InChI=1S/C6H2ClF4NO2S/c7-15(13,14)2-1-3(8)12-6(11)4(2)5(9)10/h1,5H. The maximum absolute atomic E-state index is 12.7. The Kier molecular flexibility index (Phi) is 3.19. The summed E-state index contributed by atoms with van der Waals surface area (Å²) in [7, 11) is 0.0782. The van der Waals surface area contributed by atoms with Gasteiger partial charge in [-0.15, -0.1) is 0 Å². The zero-order chi connectivity index (χ0) is 11.8. The van der Waals surface area contributed by atoms with E-state index in [9.17, 15) is 26.0 Å². The van der Waals surface area contributed by atoms with Crippen LogP contribution in [0.15, 0.2) is 11.0 Å². The molecule has 0 aliphatic heterocycles. The van der Waals surface area contributed by atoms with Crippen LogP contribution >= 0.6 is 10.7 Å². The minimum absolute atomic E-state index is 0.132. The second kappa shape index (κ2) is 3.93. The molecule has 1 aromatic rings. The summed E-state index contributed by atoms with van der Waals surface area (Å²) in [6.45, 7) is 0. The van der Waals surface area contributed by atoms with Gasteiger partial charge in [0.05, 0.1) is 5.56 Å². The summed E-state index contributed by atoms with van der Waals surface area (Å²) in [5.41, 5.74) is -1.54. The van der Waals surface area contributed by atoms with Crippen molar-refractivity contribution >= 4 is 19.7 Å². The van der Waals surface area contributed by atoms with E-state index in [0.717, 1.165) is 0 Å². The molecule has 0 atom stereocenters. The molecule has 3 nitrogen and oxygen atoms in total. The van der Waals surface area contributed by atoms with Crippen LogP contribution in [0.5, 0.6) is 0 Å². The summed E-state index contributed by atoms with van der Waals surface area (Å²) in [5, 5.41) is 0. The van der Waals surface area contributed by atoms with Gasteiger partial charge >= 0.3 is 0 Å². The Morgan fingerprint density at radius 2 is 1.87 bits per heavy atom. The van der Waals surface area contributed by atoms with E-state index < -0.39 is 37.8 Å². The smallest absolute Gasteiger partial charge is 0.207 e. The molecular formula is C6H2ClF4NO2S. The highest BCUT2D eigenvalue weighted by atomic mass is 35.7.